The fourth-order valence-electron chi connectivity index (χ4n) is 3.35. The maximum atomic E-state index is 13.1. The third kappa shape index (κ3) is 5.24. The molecule has 1 saturated heterocycles. The van der Waals surface area contributed by atoms with E-state index in [1.165, 1.54) is 24.3 Å². The molecule has 0 atom stereocenters. The van der Waals surface area contributed by atoms with Gasteiger partial charge in [0, 0.05) is 19.3 Å². The molecule has 0 bridgehead atoms. The van der Waals surface area contributed by atoms with Crippen molar-refractivity contribution in [2.45, 2.75) is 23.9 Å². The van der Waals surface area contributed by atoms with E-state index in [2.05, 4.69) is 10.6 Å². The highest BCUT2D eigenvalue weighted by atomic mass is 32.2. The molecular formula is C20H22F3N3O3S. The number of amides is 1. The van der Waals surface area contributed by atoms with Gasteiger partial charge in [0.25, 0.3) is 0 Å². The molecule has 6 nitrogen and oxygen atoms in total. The fourth-order valence-corrected chi connectivity index (χ4v) is 4.20. The summed E-state index contributed by atoms with van der Waals surface area (Å²) < 4.78 is 63.1. The zero-order chi connectivity index (χ0) is 21.9. The van der Waals surface area contributed by atoms with E-state index in [0.717, 1.165) is 44.3 Å². The van der Waals surface area contributed by atoms with Crippen molar-refractivity contribution in [1.29, 1.82) is 0 Å². The van der Waals surface area contributed by atoms with Crippen LogP contribution in [-0.4, -0.2) is 40.2 Å². The summed E-state index contributed by atoms with van der Waals surface area (Å²) in [7, 11) is -3.55. The minimum Gasteiger partial charge on any atom is -0.374 e. The van der Waals surface area contributed by atoms with Crippen LogP contribution >= 0.6 is 0 Å². The van der Waals surface area contributed by atoms with E-state index < -0.39 is 27.5 Å². The number of nitrogens with zero attached hydrogens (tertiary/aromatic N) is 1. The molecule has 3 rings (SSSR count). The predicted molar refractivity (Wildman–Crippen MR) is 110 cm³/mol. The molecule has 1 fully saturated rings. The van der Waals surface area contributed by atoms with Gasteiger partial charge in [-0.1, -0.05) is 12.1 Å². The van der Waals surface area contributed by atoms with E-state index in [1.54, 1.807) is 6.07 Å². The van der Waals surface area contributed by atoms with Crippen molar-refractivity contribution in [3.05, 3.63) is 48.0 Å². The minimum atomic E-state index is -4.50. The average Bonchev–Trinajstić information content (AvgIpc) is 3.19. The van der Waals surface area contributed by atoms with Gasteiger partial charge >= 0.3 is 6.18 Å². The van der Waals surface area contributed by atoms with E-state index in [9.17, 15) is 26.4 Å². The number of alkyl halides is 3. The highest BCUT2D eigenvalue weighted by Gasteiger charge is 2.31. The van der Waals surface area contributed by atoms with Crippen molar-refractivity contribution in [2.24, 2.45) is 0 Å². The van der Waals surface area contributed by atoms with Gasteiger partial charge in [0.2, 0.25) is 5.91 Å². The smallest absolute Gasteiger partial charge is 0.374 e. The molecule has 2 N–H and O–H groups in total. The second kappa shape index (κ2) is 8.55. The second-order valence-electron chi connectivity index (χ2n) is 7.09. The lowest BCUT2D eigenvalue weighted by molar-refractivity contribution is -0.137. The Balaban J connectivity index is 1.78. The SMILES string of the molecule is CS(=O)(=O)c1ccccc1NC(=O)CNc1cc(C(F)(F)F)ccc1N1CCCC1. The van der Waals surface area contributed by atoms with Gasteiger partial charge in [-0.3, -0.25) is 4.79 Å². The quantitative estimate of drug-likeness (QED) is 0.714. The van der Waals surface area contributed by atoms with Crippen LogP contribution in [0.3, 0.4) is 0 Å². The van der Waals surface area contributed by atoms with Crippen LogP contribution in [0.5, 0.6) is 0 Å². The number of nitrogens with one attached hydrogen (secondary N) is 2. The van der Waals surface area contributed by atoms with Crippen molar-refractivity contribution in [2.75, 3.05) is 41.4 Å². The van der Waals surface area contributed by atoms with Crippen LogP contribution in [0.25, 0.3) is 0 Å². The van der Waals surface area contributed by atoms with Gasteiger partial charge in [0.1, 0.15) is 0 Å². The maximum absolute atomic E-state index is 13.1. The van der Waals surface area contributed by atoms with Crippen LogP contribution in [0.1, 0.15) is 18.4 Å². The first-order chi connectivity index (χ1) is 14.1. The van der Waals surface area contributed by atoms with Gasteiger partial charge in [-0.15, -0.1) is 0 Å². The molecule has 10 heteroatoms. The van der Waals surface area contributed by atoms with Gasteiger partial charge in [-0.05, 0) is 43.2 Å². The number of hydrogen-bond acceptors (Lipinski definition) is 5. The van der Waals surface area contributed by atoms with Crippen molar-refractivity contribution in [3.8, 4) is 0 Å². The first kappa shape index (κ1) is 21.9. The number of para-hydroxylation sites is 1. The summed E-state index contributed by atoms with van der Waals surface area (Å²) in [5, 5.41) is 5.28. The third-order valence-electron chi connectivity index (χ3n) is 4.77. The van der Waals surface area contributed by atoms with Gasteiger partial charge in [0.15, 0.2) is 9.84 Å². The highest BCUT2D eigenvalue weighted by Crippen LogP contribution is 2.36. The Bertz CT molecular complexity index is 1030. The average molecular weight is 441 g/mol. The van der Waals surface area contributed by atoms with Crippen molar-refractivity contribution < 1.29 is 26.4 Å². The Labute approximate surface area is 173 Å². The van der Waals surface area contributed by atoms with E-state index in [4.69, 9.17) is 0 Å². The lowest BCUT2D eigenvalue weighted by atomic mass is 10.1. The van der Waals surface area contributed by atoms with Gasteiger partial charge < -0.3 is 15.5 Å². The molecule has 1 amide bonds. The number of hydrogen-bond donors (Lipinski definition) is 2. The van der Waals surface area contributed by atoms with E-state index in [1.807, 2.05) is 4.90 Å². The molecule has 0 aliphatic carbocycles. The number of sulfone groups is 1. The summed E-state index contributed by atoms with van der Waals surface area (Å²) in [5.41, 5.74) is 0.120. The largest absolute Gasteiger partial charge is 0.416 e. The molecule has 0 radical (unpaired) electrons. The predicted octanol–water partition coefficient (Wildman–Crippen LogP) is 3.76. The van der Waals surface area contributed by atoms with E-state index in [-0.39, 0.29) is 22.8 Å². The molecule has 0 saturated carbocycles. The summed E-state index contributed by atoms with van der Waals surface area (Å²) in [4.78, 5) is 14.3. The number of benzene rings is 2. The lowest BCUT2D eigenvalue weighted by Crippen LogP contribution is -2.25. The van der Waals surface area contributed by atoms with Crippen LogP contribution in [0.15, 0.2) is 47.4 Å². The van der Waals surface area contributed by atoms with E-state index >= 15 is 0 Å². The fraction of sp³-hybridized carbons (Fsp3) is 0.350. The Morgan fingerprint density at radius 1 is 1.07 bits per heavy atom. The molecule has 162 valence electrons. The summed E-state index contributed by atoms with van der Waals surface area (Å²) >= 11 is 0. The summed E-state index contributed by atoms with van der Waals surface area (Å²) in [6.07, 6.45) is -1.58. The number of carbonyl (C=O) groups excluding carboxylic acids is 1. The first-order valence-corrected chi connectivity index (χ1v) is 11.2. The van der Waals surface area contributed by atoms with E-state index in [0.29, 0.717) is 5.69 Å². The number of rotatable bonds is 6. The van der Waals surface area contributed by atoms with Crippen LogP contribution in [0.2, 0.25) is 0 Å². The van der Waals surface area contributed by atoms with Crippen LogP contribution in [-0.2, 0) is 20.8 Å². The minimum absolute atomic E-state index is 0.0322. The summed E-state index contributed by atoms with van der Waals surface area (Å²) in [6, 6.07) is 9.37. The maximum Gasteiger partial charge on any atom is 0.416 e. The van der Waals surface area contributed by atoms with Crippen molar-refractivity contribution in [1.82, 2.24) is 0 Å². The highest BCUT2D eigenvalue weighted by molar-refractivity contribution is 7.90. The molecule has 1 aliphatic heterocycles. The topological polar surface area (TPSA) is 78.5 Å². The van der Waals surface area contributed by atoms with Gasteiger partial charge in [0.05, 0.1) is 34.1 Å². The molecule has 2 aromatic carbocycles. The van der Waals surface area contributed by atoms with Crippen LogP contribution in [0, 0.1) is 0 Å². The third-order valence-corrected chi connectivity index (χ3v) is 5.93. The van der Waals surface area contributed by atoms with Crippen molar-refractivity contribution >= 4 is 32.8 Å². The zero-order valence-corrected chi connectivity index (χ0v) is 17.1. The van der Waals surface area contributed by atoms with Gasteiger partial charge in [-0.2, -0.15) is 13.2 Å². The molecule has 1 aliphatic rings. The molecule has 0 unspecified atom stereocenters. The number of anilines is 3. The molecule has 0 spiro atoms. The Kier molecular flexibility index (Phi) is 6.25. The van der Waals surface area contributed by atoms with Crippen molar-refractivity contribution in [3.63, 3.8) is 0 Å². The zero-order valence-electron chi connectivity index (χ0n) is 16.3. The Morgan fingerprint density at radius 2 is 1.73 bits per heavy atom. The Hall–Kier alpha value is -2.75. The number of halogens is 3. The summed E-state index contributed by atoms with van der Waals surface area (Å²) in [5.74, 6) is -0.573. The lowest BCUT2D eigenvalue weighted by Gasteiger charge is -2.23. The first-order valence-electron chi connectivity index (χ1n) is 9.35. The molecular weight excluding hydrogens is 419 g/mol. The van der Waals surface area contributed by atoms with Gasteiger partial charge in [-0.25, -0.2) is 8.42 Å². The number of carbonyl (C=O) groups is 1. The molecule has 1 heterocycles. The second-order valence-corrected chi connectivity index (χ2v) is 9.08. The molecule has 0 aromatic heterocycles. The molecule has 2 aromatic rings. The van der Waals surface area contributed by atoms with Crippen LogP contribution in [0.4, 0.5) is 30.2 Å². The summed E-state index contributed by atoms with van der Waals surface area (Å²) in [6.45, 7) is 1.14. The normalized spacial score (nSPS) is 14.6. The monoisotopic (exact) mass is 441 g/mol. The molecule has 30 heavy (non-hydrogen) atoms. The standard InChI is InChI=1S/C20H22F3N3O3S/c1-30(28,29)18-7-3-2-6-15(18)25-19(27)13-24-16-12-14(20(21,22)23)8-9-17(16)26-10-4-5-11-26/h2-3,6-9,12,24H,4-5,10-11,13H2,1H3,(H,25,27). The Morgan fingerprint density at radius 3 is 2.37 bits per heavy atom. The van der Waals surface area contributed by atoms with Crippen LogP contribution < -0.4 is 15.5 Å².